The van der Waals surface area contributed by atoms with E-state index >= 15 is 0 Å². The van der Waals surface area contributed by atoms with Crippen molar-refractivity contribution in [3.8, 4) is 0 Å². The van der Waals surface area contributed by atoms with Gasteiger partial charge in [-0.3, -0.25) is 0 Å². The maximum Gasteiger partial charge on any atom is 0.261 e. The summed E-state index contributed by atoms with van der Waals surface area (Å²) in [5, 5.41) is 7.42. The van der Waals surface area contributed by atoms with Gasteiger partial charge in [0.2, 0.25) is 0 Å². The fourth-order valence-electron chi connectivity index (χ4n) is 1.61. The quantitative estimate of drug-likeness (QED) is 0.365. The molecule has 5 nitrogen and oxygen atoms in total. The van der Waals surface area contributed by atoms with Crippen molar-refractivity contribution in [2.45, 2.75) is 6.61 Å². The predicted molar refractivity (Wildman–Crippen MR) is 87.7 cm³/mol. The summed E-state index contributed by atoms with van der Waals surface area (Å²) in [6.45, 7) is 0.217. The van der Waals surface area contributed by atoms with E-state index in [2.05, 4.69) is 15.3 Å². The van der Waals surface area contributed by atoms with Crippen LogP contribution in [0.1, 0.15) is 5.56 Å². The lowest BCUT2D eigenvalue weighted by Gasteiger charge is -2.11. The summed E-state index contributed by atoms with van der Waals surface area (Å²) in [6, 6.07) is 14.3. The van der Waals surface area contributed by atoms with E-state index in [1.165, 1.54) is 0 Å². The Hall–Kier alpha value is -2.27. The van der Waals surface area contributed by atoms with E-state index in [9.17, 15) is 0 Å². The standard InChI is InChI=1S/C14H11ClN4OS/c15-11-5-7-12(8-6-11)17-14(21)20-9-10-3-1-2-4-13(10)18-19-16/h1-8H,9H2,(H,17,21). The van der Waals surface area contributed by atoms with E-state index in [-0.39, 0.29) is 11.8 Å². The van der Waals surface area contributed by atoms with E-state index in [0.717, 1.165) is 11.3 Å². The third kappa shape index (κ3) is 4.65. The van der Waals surface area contributed by atoms with Crippen molar-refractivity contribution in [3.05, 3.63) is 69.6 Å². The first-order chi connectivity index (χ1) is 10.2. The molecule has 0 saturated heterocycles. The average Bonchev–Trinajstić information content (AvgIpc) is 2.49. The van der Waals surface area contributed by atoms with Gasteiger partial charge in [-0.05, 0) is 47.6 Å². The normalized spacial score (nSPS) is 9.57. The molecule has 0 aliphatic rings. The zero-order valence-corrected chi connectivity index (χ0v) is 12.4. The number of halogens is 1. The summed E-state index contributed by atoms with van der Waals surface area (Å²) in [5.41, 5.74) is 10.6. The molecule has 0 bridgehead atoms. The number of azide groups is 1. The van der Waals surface area contributed by atoms with Crippen LogP contribution in [0.5, 0.6) is 0 Å². The molecule has 0 fully saturated rings. The van der Waals surface area contributed by atoms with E-state index < -0.39 is 0 Å². The molecular formula is C14H11ClN4OS. The Kier molecular flexibility index (Phi) is 5.40. The molecule has 0 aromatic heterocycles. The Bertz CT molecular complexity index is 684. The fourth-order valence-corrected chi connectivity index (χ4v) is 1.91. The molecule has 0 unspecified atom stereocenters. The smallest absolute Gasteiger partial charge is 0.261 e. The minimum Gasteiger partial charge on any atom is -0.466 e. The molecule has 2 rings (SSSR count). The lowest BCUT2D eigenvalue weighted by molar-refractivity contribution is 0.300. The van der Waals surface area contributed by atoms with Crippen LogP contribution in [-0.2, 0) is 11.3 Å². The molecular weight excluding hydrogens is 308 g/mol. The van der Waals surface area contributed by atoms with Gasteiger partial charge in [-0.1, -0.05) is 41.0 Å². The van der Waals surface area contributed by atoms with Crippen molar-refractivity contribution in [1.82, 2.24) is 0 Å². The van der Waals surface area contributed by atoms with Crippen molar-refractivity contribution >= 4 is 40.4 Å². The molecule has 0 aliphatic heterocycles. The Morgan fingerprint density at radius 3 is 2.67 bits per heavy atom. The van der Waals surface area contributed by atoms with Crippen molar-refractivity contribution in [2.75, 3.05) is 5.32 Å². The Morgan fingerprint density at radius 1 is 1.24 bits per heavy atom. The molecule has 0 radical (unpaired) electrons. The molecule has 0 amide bonds. The minimum absolute atomic E-state index is 0.217. The van der Waals surface area contributed by atoms with Crippen LogP contribution in [0.4, 0.5) is 11.4 Å². The monoisotopic (exact) mass is 318 g/mol. The molecule has 21 heavy (non-hydrogen) atoms. The van der Waals surface area contributed by atoms with Gasteiger partial charge in [0.25, 0.3) is 5.17 Å². The number of nitrogens with zero attached hydrogens (tertiary/aromatic N) is 3. The van der Waals surface area contributed by atoms with Gasteiger partial charge in [-0.2, -0.15) is 0 Å². The van der Waals surface area contributed by atoms with E-state index in [0.29, 0.717) is 10.7 Å². The fraction of sp³-hybridized carbons (Fsp3) is 0.0714. The number of ether oxygens (including phenoxy) is 1. The van der Waals surface area contributed by atoms with E-state index in [4.69, 9.17) is 34.1 Å². The lowest BCUT2D eigenvalue weighted by Crippen LogP contribution is -2.13. The molecule has 0 atom stereocenters. The van der Waals surface area contributed by atoms with Gasteiger partial charge in [0, 0.05) is 21.3 Å². The summed E-state index contributed by atoms with van der Waals surface area (Å²) in [5.74, 6) is 0. The first-order valence-electron chi connectivity index (χ1n) is 6.01. The molecule has 2 aromatic carbocycles. The summed E-state index contributed by atoms with van der Waals surface area (Å²) in [6.07, 6.45) is 0. The lowest BCUT2D eigenvalue weighted by atomic mass is 10.2. The van der Waals surface area contributed by atoms with Crippen molar-refractivity contribution < 1.29 is 4.74 Å². The molecule has 106 valence electrons. The average molecular weight is 319 g/mol. The Labute approximate surface area is 132 Å². The highest BCUT2D eigenvalue weighted by Gasteiger charge is 2.03. The number of rotatable bonds is 4. The number of nitrogens with one attached hydrogen (secondary N) is 1. The SMILES string of the molecule is [N-]=[N+]=Nc1ccccc1COC(=S)Nc1ccc(Cl)cc1. The number of benzene rings is 2. The third-order valence-corrected chi connectivity index (χ3v) is 3.07. The van der Waals surface area contributed by atoms with Gasteiger partial charge >= 0.3 is 0 Å². The van der Waals surface area contributed by atoms with Crippen LogP contribution in [0, 0.1) is 0 Å². The summed E-state index contributed by atoms with van der Waals surface area (Å²) >= 11 is 10.9. The van der Waals surface area contributed by atoms with Gasteiger partial charge in [-0.15, -0.1) is 0 Å². The maximum atomic E-state index is 8.51. The topological polar surface area (TPSA) is 70.0 Å². The highest BCUT2D eigenvalue weighted by molar-refractivity contribution is 7.80. The van der Waals surface area contributed by atoms with Crippen molar-refractivity contribution in [3.63, 3.8) is 0 Å². The zero-order chi connectivity index (χ0) is 15.1. The molecule has 0 heterocycles. The first-order valence-corrected chi connectivity index (χ1v) is 6.80. The number of anilines is 1. The summed E-state index contributed by atoms with van der Waals surface area (Å²) in [4.78, 5) is 2.78. The predicted octanol–water partition coefficient (Wildman–Crippen LogP) is 5.20. The van der Waals surface area contributed by atoms with E-state index in [1.54, 1.807) is 36.4 Å². The Balaban J connectivity index is 1.95. The largest absolute Gasteiger partial charge is 0.466 e. The second-order valence-corrected chi connectivity index (χ2v) is 4.83. The van der Waals surface area contributed by atoms with Gasteiger partial charge in [0.15, 0.2) is 0 Å². The van der Waals surface area contributed by atoms with Crippen LogP contribution in [0.3, 0.4) is 0 Å². The molecule has 1 N–H and O–H groups in total. The van der Waals surface area contributed by atoms with Gasteiger partial charge in [0.05, 0.1) is 0 Å². The van der Waals surface area contributed by atoms with Crippen LogP contribution in [0.15, 0.2) is 53.6 Å². The number of hydrogen-bond donors (Lipinski definition) is 1. The highest BCUT2D eigenvalue weighted by Crippen LogP contribution is 2.20. The van der Waals surface area contributed by atoms with E-state index in [1.807, 2.05) is 12.1 Å². The maximum absolute atomic E-state index is 8.51. The second-order valence-electron chi connectivity index (χ2n) is 4.03. The number of thiocarbonyl (C=S) groups is 1. The summed E-state index contributed by atoms with van der Waals surface area (Å²) in [7, 11) is 0. The molecule has 7 heteroatoms. The van der Waals surface area contributed by atoms with Crippen LogP contribution < -0.4 is 5.32 Å². The molecule has 0 aliphatic carbocycles. The van der Waals surface area contributed by atoms with Crippen LogP contribution >= 0.6 is 23.8 Å². The first kappa shape index (κ1) is 15.1. The minimum atomic E-state index is 0.217. The molecule has 2 aromatic rings. The van der Waals surface area contributed by atoms with Crippen LogP contribution in [-0.4, -0.2) is 5.17 Å². The van der Waals surface area contributed by atoms with Gasteiger partial charge < -0.3 is 10.1 Å². The molecule has 0 spiro atoms. The second kappa shape index (κ2) is 7.50. The summed E-state index contributed by atoms with van der Waals surface area (Å²) < 4.78 is 5.45. The Morgan fingerprint density at radius 2 is 1.95 bits per heavy atom. The van der Waals surface area contributed by atoms with Gasteiger partial charge in [-0.25, -0.2) is 0 Å². The number of hydrogen-bond acceptors (Lipinski definition) is 3. The highest BCUT2D eigenvalue weighted by atomic mass is 35.5. The van der Waals surface area contributed by atoms with Crippen molar-refractivity contribution in [1.29, 1.82) is 0 Å². The van der Waals surface area contributed by atoms with Gasteiger partial charge in [0.1, 0.15) is 6.61 Å². The van der Waals surface area contributed by atoms with Crippen LogP contribution in [0.2, 0.25) is 5.02 Å². The third-order valence-electron chi connectivity index (χ3n) is 2.59. The van der Waals surface area contributed by atoms with Crippen LogP contribution in [0.25, 0.3) is 10.4 Å². The zero-order valence-electron chi connectivity index (χ0n) is 10.9. The molecule has 0 saturated carbocycles. The van der Waals surface area contributed by atoms with Crippen molar-refractivity contribution in [2.24, 2.45) is 5.11 Å².